The van der Waals surface area contributed by atoms with Gasteiger partial charge in [-0.05, 0) is 19.3 Å². The predicted octanol–water partition coefficient (Wildman–Crippen LogP) is 3.27. The summed E-state index contributed by atoms with van der Waals surface area (Å²) in [5.41, 5.74) is 0. The molecule has 3 heteroatoms. The van der Waals surface area contributed by atoms with Gasteiger partial charge >= 0.3 is 0 Å². The van der Waals surface area contributed by atoms with Gasteiger partial charge in [-0.1, -0.05) is 32.1 Å². The van der Waals surface area contributed by atoms with Crippen LogP contribution < -0.4 is 0 Å². The van der Waals surface area contributed by atoms with Crippen LogP contribution in [0, 0.1) is 5.92 Å². The minimum Gasteiger partial charge on any atom is -0.330 e. The lowest BCUT2D eigenvalue weighted by Gasteiger charge is -2.24. The summed E-state index contributed by atoms with van der Waals surface area (Å²) in [4.78, 5) is 14.1. The van der Waals surface area contributed by atoms with Crippen molar-refractivity contribution in [2.75, 3.05) is 12.3 Å². The third kappa shape index (κ3) is 3.16. The van der Waals surface area contributed by atoms with E-state index in [1.807, 2.05) is 11.8 Å². The third-order valence-corrected chi connectivity index (χ3v) is 5.10. The molecule has 0 aromatic rings. The number of rotatable bonds is 3. The predicted molar refractivity (Wildman–Crippen MR) is 69.4 cm³/mol. The molecule has 0 spiro atoms. The molecule has 2 fully saturated rings. The minimum atomic E-state index is 0.392. The van der Waals surface area contributed by atoms with Crippen LogP contribution in [-0.4, -0.2) is 28.5 Å². The van der Waals surface area contributed by atoms with Crippen LogP contribution in [-0.2, 0) is 4.79 Å². The van der Waals surface area contributed by atoms with Gasteiger partial charge in [-0.15, -0.1) is 11.8 Å². The van der Waals surface area contributed by atoms with E-state index in [1.165, 1.54) is 32.1 Å². The topological polar surface area (TPSA) is 20.3 Å². The third-order valence-electron chi connectivity index (χ3n) is 3.94. The van der Waals surface area contributed by atoms with Crippen molar-refractivity contribution in [1.29, 1.82) is 0 Å². The van der Waals surface area contributed by atoms with Gasteiger partial charge in [0, 0.05) is 18.7 Å². The molecule has 16 heavy (non-hydrogen) atoms. The van der Waals surface area contributed by atoms with Gasteiger partial charge in [0.15, 0.2) is 0 Å². The van der Waals surface area contributed by atoms with Crippen molar-refractivity contribution in [2.24, 2.45) is 5.92 Å². The fourth-order valence-electron chi connectivity index (χ4n) is 2.87. The molecule has 2 nitrogen and oxygen atoms in total. The maximum atomic E-state index is 12.0. The summed E-state index contributed by atoms with van der Waals surface area (Å²) in [6.07, 6.45) is 8.81. The average Bonchev–Trinajstić information content (AvgIpc) is 2.74. The second kappa shape index (κ2) is 5.95. The van der Waals surface area contributed by atoms with Gasteiger partial charge in [0.05, 0.1) is 5.37 Å². The lowest BCUT2D eigenvalue weighted by Crippen LogP contribution is -2.33. The Morgan fingerprint density at radius 2 is 2.06 bits per heavy atom. The van der Waals surface area contributed by atoms with E-state index in [0.717, 1.165) is 31.1 Å². The van der Waals surface area contributed by atoms with Gasteiger partial charge in [0.25, 0.3) is 0 Å². The number of thioether (sulfide) groups is 1. The summed E-state index contributed by atoms with van der Waals surface area (Å²) in [7, 11) is 0. The Morgan fingerprint density at radius 1 is 1.31 bits per heavy atom. The Kier molecular flexibility index (Phi) is 4.56. The first-order chi connectivity index (χ1) is 7.77. The molecule has 1 saturated carbocycles. The molecule has 1 aliphatic heterocycles. The molecular weight excluding hydrogens is 218 g/mol. The zero-order valence-electron chi connectivity index (χ0n) is 10.3. The zero-order chi connectivity index (χ0) is 11.4. The van der Waals surface area contributed by atoms with Crippen LogP contribution in [0.3, 0.4) is 0 Å². The second-order valence-corrected chi connectivity index (χ2v) is 6.52. The Bertz CT molecular complexity index is 238. The first-order valence-corrected chi connectivity index (χ1v) is 7.73. The molecule has 2 aliphatic rings. The summed E-state index contributed by atoms with van der Waals surface area (Å²) >= 11 is 1.90. The van der Waals surface area contributed by atoms with Crippen LogP contribution in [0.1, 0.15) is 51.9 Å². The van der Waals surface area contributed by atoms with E-state index in [4.69, 9.17) is 0 Å². The Labute approximate surface area is 103 Å². The van der Waals surface area contributed by atoms with Crippen LogP contribution >= 0.6 is 11.8 Å². The van der Waals surface area contributed by atoms with Crippen LogP contribution in [0.25, 0.3) is 0 Å². The van der Waals surface area contributed by atoms with Gasteiger partial charge in [0.1, 0.15) is 0 Å². The van der Waals surface area contributed by atoms with E-state index < -0.39 is 0 Å². The summed E-state index contributed by atoms with van der Waals surface area (Å²) in [6, 6.07) is 0. The van der Waals surface area contributed by atoms with E-state index in [9.17, 15) is 4.79 Å². The first kappa shape index (κ1) is 12.3. The first-order valence-electron chi connectivity index (χ1n) is 6.68. The standard InChI is InChI=1S/C13H23NOS/c1-11-14(9-10-16-11)13(15)8-7-12-5-3-2-4-6-12/h11-12H,2-10H2,1H3. The Morgan fingerprint density at radius 3 is 2.69 bits per heavy atom. The highest BCUT2D eigenvalue weighted by Gasteiger charge is 2.26. The number of hydrogen-bond acceptors (Lipinski definition) is 2. The summed E-state index contributed by atoms with van der Waals surface area (Å²) in [6.45, 7) is 3.12. The smallest absolute Gasteiger partial charge is 0.223 e. The van der Waals surface area contributed by atoms with Crippen molar-refractivity contribution >= 4 is 17.7 Å². The SMILES string of the molecule is CC1SCCN1C(=O)CCC1CCCCC1. The molecule has 1 saturated heterocycles. The van der Waals surface area contributed by atoms with Crippen LogP contribution in [0.5, 0.6) is 0 Å². The Balaban J connectivity index is 1.70. The van der Waals surface area contributed by atoms with Crippen molar-refractivity contribution in [3.8, 4) is 0 Å². The monoisotopic (exact) mass is 241 g/mol. The molecule has 0 bridgehead atoms. The number of amides is 1. The number of carbonyl (C=O) groups is 1. The van der Waals surface area contributed by atoms with Crippen LogP contribution in [0.15, 0.2) is 0 Å². The van der Waals surface area contributed by atoms with Crippen LogP contribution in [0.2, 0.25) is 0 Å². The summed E-state index contributed by atoms with van der Waals surface area (Å²) in [5, 5.41) is 0.416. The zero-order valence-corrected chi connectivity index (χ0v) is 11.1. The Hall–Kier alpha value is -0.180. The highest BCUT2D eigenvalue weighted by molar-refractivity contribution is 8.00. The van der Waals surface area contributed by atoms with Gasteiger partial charge in [-0.25, -0.2) is 0 Å². The van der Waals surface area contributed by atoms with Gasteiger partial charge in [-0.3, -0.25) is 4.79 Å². The lowest BCUT2D eigenvalue weighted by molar-refractivity contribution is -0.131. The molecular formula is C13H23NOS. The molecule has 0 aromatic carbocycles. The van der Waals surface area contributed by atoms with E-state index in [-0.39, 0.29) is 0 Å². The van der Waals surface area contributed by atoms with E-state index in [2.05, 4.69) is 11.8 Å². The largest absolute Gasteiger partial charge is 0.330 e. The number of nitrogens with zero attached hydrogens (tertiary/aromatic N) is 1. The molecule has 0 N–H and O–H groups in total. The van der Waals surface area contributed by atoms with Gasteiger partial charge < -0.3 is 4.90 Å². The quantitative estimate of drug-likeness (QED) is 0.756. The fourth-order valence-corrected chi connectivity index (χ4v) is 3.91. The van der Waals surface area contributed by atoms with Crippen molar-refractivity contribution in [1.82, 2.24) is 4.90 Å². The molecule has 1 heterocycles. The van der Waals surface area contributed by atoms with E-state index in [1.54, 1.807) is 0 Å². The lowest BCUT2D eigenvalue weighted by atomic mass is 9.86. The highest BCUT2D eigenvalue weighted by atomic mass is 32.2. The number of carbonyl (C=O) groups excluding carboxylic acids is 1. The van der Waals surface area contributed by atoms with E-state index in [0.29, 0.717) is 11.3 Å². The fraction of sp³-hybridized carbons (Fsp3) is 0.923. The maximum absolute atomic E-state index is 12.0. The van der Waals surface area contributed by atoms with Crippen LogP contribution in [0.4, 0.5) is 0 Å². The highest BCUT2D eigenvalue weighted by Crippen LogP contribution is 2.29. The van der Waals surface area contributed by atoms with Crippen molar-refractivity contribution < 1.29 is 4.79 Å². The van der Waals surface area contributed by atoms with Crippen molar-refractivity contribution in [3.05, 3.63) is 0 Å². The molecule has 1 aliphatic carbocycles. The second-order valence-electron chi connectivity index (χ2n) is 5.10. The molecule has 92 valence electrons. The maximum Gasteiger partial charge on any atom is 0.223 e. The molecule has 1 unspecified atom stereocenters. The van der Waals surface area contributed by atoms with Gasteiger partial charge in [0.2, 0.25) is 5.91 Å². The normalized spacial score (nSPS) is 27.3. The molecule has 0 radical (unpaired) electrons. The molecule has 2 rings (SSSR count). The summed E-state index contributed by atoms with van der Waals surface area (Å²) < 4.78 is 0. The minimum absolute atomic E-state index is 0.392. The van der Waals surface area contributed by atoms with Gasteiger partial charge in [-0.2, -0.15) is 0 Å². The van der Waals surface area contributed by atoms with Crippen molar-refractivity contribution in [2.45, 2.75) is 57.2 Å². The molecule has 0 aromatic heterocycles. The molecule has 1 amide bonds. The average molecular weight is 241 g/mol. The van der Waals surface area contributed by atoms with Crippen molar-refractivity contribution in [3.63, 3.8) is 0 Å². The summed E-state index contributed by atoms with van der Waals surface area (Å²) in [5.74, 6) is 2.35. The van der Waals surface area contributed by atoms with E-state index >= 15 is 0 Å². The number of hydrogen-bond donors (Lipinski definition) is 0. The molecule has 1 atom stereocenters.